The summed E-state index contributed by atoms with van der Waals surface area (Å²) in [5.41, 5.74) is 2.20. The van der Waals surface area contributed by atoms with E-state index < -0.39 is 5.97 Å². The van der Waals surface area contributed by atoms with Crippen LogP contribution in [0, 0.1) is 6.92 Å². The standard InChI is InChI=1S/C12H13NO2S/c1-3-13-8(2)9(12(14)15)7-10(13)11-5-4-6-16-11/h4-7H,3H2,1-2H3,(H,14,15). The van der Waals surface area contributed by atoms with Crippen molar-refractivity contribution in [1.29, 1.82) is 0 Å². The second kappa shape index (κ2) is 4.14. The molecule has 0 aliphatic rings. The van der Waals surface area contributed by atoms with Gasteiger partial charge < -0.3 is 9.67 Å². The summed E-state index contributed by atoms with van der Waals surface area (Å²) in [5.74, 6) is -0.859. The molecule has 2 heterocycles. The van der Waals surface area contributed by atoms with Crippen molar-refractivity contribution in [2.45, 2.75) is 20.4 Å². The second-order valence-electron chi connectivity index (χ2n) is 3.56. The molecule has 0 atom stereocenters. The molecule has 0 radical (unpaired) electrons. The molecule has 3 nitrogen and oxygen atoms in total. The first-order chi connectivity index (χ1) is 7.65. The van der Waals surface area contributed by atoms with Crippen LogP contribution in [0.1, 0.15) is 23.0 Å². The van der Waals surface area contributed by atoms with E-state index in [-0.39, 0.29) is 0 Å². The first kappa shape index (κ1) is 11.0. The summed E-state index contributed by atoms with van der Waals surface area (Å²) in [6.07, 6.45) is 0. The third-order valence-corrected chi connectivity index (χ3v) is 3.58. The first-order valence-corrected chi connectivity index (χ1v) is 6.00. The minimum absolute atomic E-state index is 0.394. The van der Waals surface area contributed by atoms with Crippen LogP contribution in [0.2, 0.25) is 0 Å². The van der Waals surface area contributed by atoms with E-state index in [0.717, 1.165) is 22.8 Å². The molecule has 0 aromatic carbocycles. The van der Waals surface area contributed by atoms with Gasteiger partial charge in [-0.1, -0.05) is 6.07 Å². The number of rotatable bonds is 3. The minimum atomic E-state index is -0.859. The summed E-state index contributed by atoms with van der Waals surface area (Å²) in [4.78, 5) is 12.2. The Kier molecular flexibility index (Phi) is 2.83. The fourth-order valence-electron chi connectivity index (χ4n) is 1.90. The molecule has 84 valence electrons. The van der Waals surface area contributed by atoms with Crippen LogP contribution in [-0.2, 0) is 6.54 Å². The summed E-state index contributed by atoms with van der Waals surface area (Å²) in [7, 11) is 0. The van der Waals surface area contributed by atoms with Crippen molar-refractivity contribution in [2.75, 3.05) is 0 Å². The Bertz CT molecular complexity index is 511. The zero-order valence-corrected chi connectivity index (χ0v) is 10.0. The Balaban J connectivity index is 2.62. The molecule has 0 amide bonds. The van der Waals surface area contributed by atoms with Crippen LogP contribution in [0.15, 0.2) is 23.6 Å². The molecular weight excluding hydrogens is 222 g/mol. The molecule has 0 aliphatic heterocycles. The van der Waals surface area contributed by atoms with Gasteiger partial charge in [-0.15, -0.1) is 11.3 Å². The van der Waals surface area contributed by atoms with Crippen LogP contribution in [0.25, 0.3) is 10.6 Å². The van der Waals surface area contributed by atoms with Crippen molar-refractivity contribution in [3.8, 4) is 10.6 Å². The fourth-order valence-corrected chi connectivity index (χ4v) is 2.65. The van der Waals surface area contributed by atoms with Gasteiger partial charge >= 0.3 is 5.97 Å². The Morgan fingerprint density at radius 2 is 2.31 bits per heavy atom. The Morgan fingerprint density at radius 1 is 1.56 bits per heavy atom. The number of hydrogen-bond acceptors (Lipinski definition) is 2. The molecule has 16 heavy (non-hydrogen) atoms. The van der Waals surface area contributed by atoms with E-state index in [9.17, 15) is 4.79 Å². The maximum Gasteiger partial charge on any atom is 0.337 e. The van der Waals surface area contributed by atoms with E-state index >= 15 is 0 Å². The summed E-state index contributed by atoms with van der Waals surface area (Å²) in [6, 6.07) is 5.74. The Labute approximate surface area is 98.0 Å². The van der Waals surface area contributed by atoms with E-state index in [0.29, 0.717) is 5.56 Å². The second-order valence-corrected chi connectivity index (χ2v) is 4.50. The summed E-state index contributed by atoms with van der Waals surface area (Å²) in [5, 5.41) is 11.1. The fraction of sp³-hybridized carbons (Fsp3) is 0.250. The number of carboxylic acid groups (broad SMARTS) is 1. The number of aromatic carboxylic acids is 1. The van der Waals surface area contributed by atoms with Crippen molar-refractivity contribution in [1.82, 2.24) is 4.57 Å². The predicted octanol–water partition coefficient (Wildman–Crippen LogP) is 3.24. The molecule has 2 aromatic rings. The molecule has 2 rings (SSSR count). The molecule has 0 fully saturated rings. The van der Waals surface area contributed by atoms with Crippen LogP contribution < -0.4 is 0 Å². The van der Waals surface area contributed by atoms with Crippen molar-refractivity contribution < 1.29 is 9.90 Å². The normalized spacial score (nSPS) is 10.6. The average molecular weight is 235 g/mol. The SMILES string of the molecule is CCn1c(-c2cccs2)cc(C(=O)O)c1C. The number of thiophene rings is 1. The first-order valence-electron chi connectivity index (χ1n) is 5.12. The summed E-state index contributed by atoms with van der Waals surface area (Å²) >= 11 is 1.63. The van der Waals surface area contributed by atoms with E-state index in [1.165, 1.54) is 0 Å². The van der Waals surface area contributed by atoms with Crippen molar-refractivity contribution in [2.24, 2.45) is 0 Å². The monoisotopic (exact) mass is 235 g/mol. The highest BCUT2D eigenvalue weighted by Gasteiger charge is 2.17. The highest BCUT2D eigenvalue weighted by molar-refractivity contribution is 7.13. The molecule has 0 saturated heterocycles. The summed E-state index contributed by atoms with van der Waals surface area (Å²) in [6.45, 7) is 4.66. The molecule has 0 spiro atoms. The average Bonchev–Trinajstić information content (AvgIpc) is 2.83. The van der Waals surface area contributed by atoms with Gasteiger partial charge in [0.15, 0.2) is 0 Å². The Hall–Kier alpha value is -1.55. The highest BCUT2D eigenvalue weighted by atomic mass is 32.1. The lowest BCUT2D eigenvalue weighted by molar-refractivity contribution is 0.0696. The van der Waals surface area contributed by atoms with Gasteiger partial charge in [-0.3, -0.25) is 0 Å². The van der Waals surface area contributed by atoms with Gasteiger partial charge in [-0.25, -0.2) is 4.79 Å². The molecule has 1 N–H and O–H groups in total. The van der Waals surface area contributed by atoms with Gasteiger partial charge in [0.1, 0.15) is 0 Å². The van der Waals surface area contributed by atoms with E-state index in [1.807, 2.05) is 35.9 Å². The lowest BCUT2D eigenvalue weighted by atomic mass is 10.2. The van der Waals surface area contributed by atoms with Crippen molar-refractivity contribution in [3.05, 3.63) is 34.8 Å². The van der Waals surface area contributed by atoms with Gasteiger partial charge in [-0.2, -0.15) is 0 Å². The van der Waals surface area contributed by atoms with Gasteiger partial charge in [0.25, 0.3) is 0 Å². The number of carbonyl (C=O) groups is 1. The molecule has 2 aromatic heterocycles. The van der Waals surface area contributed by atoms with Gasteiger partial charge in [0.05, 0.1) is 16.1 Å². The number of carboxylic acids is 1. The lowest BCUT2D eigenvalue weighted by Crippen LogP contribution is -2.02. The maximum atomic E-state index is 11.1. The maximum absolute atomic E-state index is 11.1. The summed E-state index contributed by atoms with van der Waals surface area (Å²) < 4.78 is 2.04. The van der Waals surface area contributed by atoms with Crippen LogP contribution >= 0.6 is 11.3 Å². The molecule has 0 aliphatic carbocycles. The third-order valence-electron chi connectivity index (χ3n) is 2.69. The van der Waals surface area contributed by atoms with Gasteiger partial charge in [-0.05, 0) is 31.4 Å². The predicted molar refractivity (Wildman–Crippen MR) is 65.1 cm³/mol. The van der Waals surface area contributed by atoms with E-state index in [1.54, 1.807) is 17.4 Å². The van der Waals surface area contributed by atoms with Crippen LogP contribution in [-0.4, -0.2) is 15.6 Å². The quantitative estimate of drug-likeness (QED) is 0.887. The van der Waals surface area contributed by atoms with E-state index in [2.05, 4.69) is 0 Å². The van der Waals surface area contributed by atoms with Crippen LogP contribution in [0.4, 0.5) is 0 Å². The molecule has 0 unspecified atom stereocenters. The lowest BCUT2D eigenvalue weighted by Gasteiger charge is -2.06. The molecule has 0 bridgehead atoms. The molecule has 4 heteroatoms. The third kappa shape index (κ3) is 1.65. The highest BCUT2D eigenvalue weighted by Crippen LogP contribution is 2.29. The molecular formula is C12H13NO2S. The molecule has 0 saturated carbocycles. The zero-order chi connectivity index (χ0) is 11.7. The Morgan fingerprint density at radius 3 is 2.81 bits per heavy atom. The number of hydrogen-bond donors (Lipinski definition) is 1. The largest absolute Gasteiger partial charge is 0.478 e. The van der Waals surface area contributed by atoms with Crippen LogP contribution in [0.3, 0.4) is 0 Å². The smallest absolute Gasteiger partial charge is 0.337 e. The van der Waals surface area contributed by atoms with Crippen molar-refractivity contribution >= 4 is 17.3 Å². The van der Waals surface area contributed by atoms with E-state index in [4.69, 9.17) is 5.11 Å². The van der Waals surface area contributed by atoms with Crippen LogP contribution in [0.5, 0.6) is 0 Å². The zero-order valence-electron chi connectivity index (χ0n) is 9.23. The topological polar surface area (TPSA) is 42.2 Å². The van der Waals surface area contributed by atoms with Gasteiger partial charge in [0.2, 0.25) is 0 Å². The number of nitrogens with zero attached hydrogens (tertiary/aromatic N) is 1. The number of aromatic nitrogens is 1. The van der Waals surface area contributed by atoms with Gasteiger partial charge in [0, 0.05) is 12.2 Å². The minimum Gasteiger partial charge on any atom is -0.478 e. The van der Waals surface area contributed by atoms with Crippen molar-refractivity contribution in [3.63, 3.8) is 0 Å².